The normalized spacial score (nSPS) is 20.0. The molecule has 1 atom stereocenters. The van der Waals surface area contributed by atoms with E-state index in [9.17, 15) is 4.79 Å². The number of benzene rings is 1. The molecule has 2 aliphatic rings. The Labute approximate surface area is 159 Å². The highest BCUT2D eigenvalue weighted by Crippen LogP contribution is 2.32. The van der Waals surface area contributed by atoms with Crippen molar-refractivity contribution in [3.63, 3.8) is 0 Å². The topological polar surface area (TPSA) is 23.6 Å². The maximum absolute atomic E-state index is 12.5. The lowest BCUT2D eigenvalue weighted by Crippen LogP contribution is -2.54. The molecule has 0 spiro atoms. The number of carbonyl (C=O) groups excluding carboxylic acids is 1. The van der Waals surface area contributed by atoms with Crippen LogP contribution in [0.2, 0.25) is 0 Å². The van der Waals surface area contributed by atoms with Gasteiger partial charge in [0.05, 0.1) is 12.6 Å². The highest BCUT2D eigenvalue weighted by Gasteiger charge is 2.36. The largest absolute Gasteiger partial charge is 0.333 e. The molecular weight excluding hydrogens is 332 g/mol. The third kappa shape index (κ3) is 5.21. The van der Waals surface area contributed by atoms with Gasteiger partial charge < -0.3 is 4.90 Å². The summed E-state index contributed by atoms with van der Waals surface area (Å²) in [6.07, 6.45) is 10.3. The first-order valence-electron chi connectivity index (χ1n) is 9.89. The Morgan fingerprint density at radius 2 is 1.76 bits per heavy atom. The molecular formula is C21H33ClN2O. The van der Waals surface area contributed by atoms with E-state index in [1.165, 1.54) is 56.1 Å². The zero-order valence-electron chi connectivity index (χ0n) is 15.6. The molecule has 0 saturated carbocycles. The van der Waals surface area contributed by atoms with Gasteiger partial charge in [0.15, 0.2) is 0 Å². The number of rotatable bonds is 8. The summed E-state index contributed by atoms with van der Waals surface area (Å²) < 4.78 is 0. The molecule has 4 heteroatoms. The lowest BCUT2D eigenvalue weighted by atomic mass is 9.90. The van der Waals surface area contributed by atoms with E-state index >= 15 is 0 Å². The number of amides is 1. The van der Waals surface area contributed by atoms with Gasteiger partial charge >= 0.3 is 0 Å². The van der Waals surface area contributed by atoms with Crippen LogP contribution in [-0.4, -0.2) is 41.9 Å². The molecule has 0 aliphatic carbocycles. The lowest BCUT2D eigenvalue weighted by molar-refractivity contribution is -0.140. The van der Waals surface area contributed by atoms with E-state index < -0.39 is 0 Å². The smallest absolute Gasteiger partial charge is 0.237 e. The number of halogens is 1. The Morgan fingerprint density at radius 1 is 1.04 bits per heavy atom. The van der Waals surface area contributed by atoms with E-state index in [-0.39, 0.29) is 18.4 Å². The van der Waals surface area contributed by atoms with Gasteiger partial charge in [-0.2, -0.15) is 0 Å². The van der Waals surface area contributed by atoms with Gasteiger partial charge in [-0.15, -0.1) is 12.4 Å². The molecule has 1 unspecified atom stereocenters. The molecule has 1 amide bonds. The summed E-state index contributed by atoms with van der Waals surface area (Å²) in [6, 6.07) is 8.96. The van der Waals surface area contributed by atoms with Crippen molar-refractivity contribution in [1.29, 1.82) is 0 Å². The number of piperazine rings is 1. The molecule has 0 radical (unpaired) electrons. The molecule has 140 valence electrons. The van der Waals surface area contributed by atoms with Crippen molar-refractivity contribution in [2.24, 2.45) is 0 Å². The second-order valence-electron chi connectivity index (χ2n) is 7.41. The molecule has 0 N–H and O–H groups in total. The number of carbonyl (C=O) groups is 1. The van der Waals surface area contributed by atoms with Gasteiger partial charge in [0.2, 0.25) is 5.91 Å². The lowest BCUT2D eigenvalue weighted by Gasteiger charge is -2.44. The number of hydrogen-bond donors (Lipinski definition) is 0. The van der Waals surface area contributed by atoms with E-state index in [0.29, 0.717) is 12.5 Å². The molecule has 1 saturated heterocycles. The standard InChI is InChI=1S/C21H32N2O.ClH/c1-2-3-4-5-6-7-10-14-22-16-20-19-12-9-8-11-18(19)13-15-23(20)21(24)17-22;/h8-9,11-12,20H,2-7,10,13-17H2,1H3;1H. The second-order valence-corrected chi connectivity index (χ2v) is 7.41. The highest BCUT2D eigenvalue weighted by atomic mass is 35.5. The minimum absolute atomic E-state index is 0. The number of nitrogens with zero attached hydrogens (tertiary/aromatic N) is 2. The molecule has 3 rings (SSSR count). The summed E-state index contributed by atoms with van der Waals surface area (Å²) in [5.41, 5.74) is 2.81. The number of unbranched alkanes of at least 4 members (excludes halogenated alkanes) is 6. The fraction of sp³-hybridized carbons (Fsp3) is 0.667. The molecule has 1 fully saturated rings. The van der Waals surface area contributed by atoms with E-state index in [1.807, 2.05) is 0 Å². The van der Waals surface area contributed by atoms with E-state index in [0.717, 1.165) is 26.1 Å². The van der Waals surface area contributed by atoms with E-state index in [2.05, 4.69) is 41.0 Å². The average molecular weight is 365 g/mol. The second kappa shape index (κ2) is 10.2. The molecule has 1 aromatic rings. The van der Waals surface area contributed by atoms with Gasteiger partial charge in [0, 0.05) is 13.1 Å². The van der Waals surface area contributed by atoms with Crippen LogP contribution in [0.15, 0.2) is 24.3 Å². The zero-order chi connectivity index (χ0) is 16.8. The van der Waals surface area contributed by atoms with Crippen molar-refractivity contribution >= 4 is 18.3 Å². The summed E-state index contributed by atoms with van der Waals surface area (Å²) in [5.74, 6) is 0.323. The summed E-state index contributed by atoms with van der Waals surface area (Å²) in [7, 11) is 0. The van der Waals surface area contributed by atoms with Gasteiger partial charge in [-0.3, -0.25) is 9.69 Å². The van der Waals surface area contributed by atoms with Crippen molar-refractivity contribution in [3.8, 4) is 0 Å². The molecule has 0 aromatic heterocycles. The van der Waals surface area contributed by atoms with Crippen molar-refractivity contribution in [1.82, 2.24) is 9.80 Å². The Balaban J connectivity index is 0.00000225. The first-order chi connectivity index (χ1) is 11.8. The average Bonchev–Trinajstić information content (AvgIpc) is 2.61. The predicted molar refractivity (Wildman–Crippen MR) is 106 cm³/mol. The maximum atomic E-state index is 12.5. The Bertz CT molecular complexity index is 548. The molecule has 2 aliphatic heterocycles. The third-order valence-corrected chi connectivity index (χ3v) is 5.60. The fourth-order valence-corrected chi connectivity index (χ4v) is 4.20. The first-order valence-corrected chi connectivity index (χ1v) is 9.89. The van der Waals surface area contributed by atoms with Crippen molar-refractivity contribution in [3.05, 3.63) is 35.4 Å². The van der Waals surface area contributed by atoms with Gasteiger partial charge in [-0.1, -0.05) is 69.7 Å². The molecule has 3 nitrogen and oxygen atoms in total. The van der Waals surface area contributed by atoms with Crippen LogP contribution >= 0.6 is 12.4 Å². The predicted octanol–water partition coefficient (Wildman–Crippen LogP) is 4.60. The Kier molecular flexibility index (Phi) is 8.25. The SMILES string of the molecule is CCCCCCCCCN1CC(=O)N2CCc3ccccc3C2C1.Cl. The molecule has 1 aromatic carbocycles. The van der Waals surface area contributed by atoms with Crippen LogP contribution in [0.5, 0.6) is 0 Å². The van der Waals surface area contributed by atoms with Crippen molar-refractivity contribution < 1.29 is 4.79 Å². The van der Waals surface area contributed by atoms with E-state index in [1.54, 1.807) is 0 Å². The van der Waals surface area contributed by atoms with Crippen LogP contribution in [0.3, 0.4) is 0 Å². The quantitative estimate of drug-likeness (QED) is 0.629. The highest BCUT2D eigenvalue weighted by molar-refractivity contribution is 5.85. The van der Waals surface area contributed by atoms with Crippen molar-refractivity contribution in [2.75, 3.05) is 26.2 Å². The molecule has 25 heavy (non-hydrogen) atoms. The fourth-order valence-electron chi connectivity index (χ4n) is 4.20. The number of fused-ring (bicyclic) bond motifs is 3. The molecule has 2 heterocycles. The van der Waals surface area contributed by atoms with Crippen LogP contribution in [0.1, 0.15) is 69.0 Å². The third-order valence-electron chi connectivity index (χ3n) is 5.60. The van der Waals surface area contributed by atoms with Crippen LogP contribution in [0.25, 0.3) is 0 Å². The maximum Gasteiger partial charge on any atom is 0.237 e. The monoisotopic (exact) mass is 364 g/mol. The van der Waals surface area contributed by atoms with Crippen LogP contribution in [0, 0.1) is 0 Å². The summed E-state index contributed by atoms with van der Waals surface area (Å²) in [6.45, 7) is 5.87. The summed E-state index contributed by atoms with van der Waals surface area (Å²) in [5, 5.41) is 0. The summed E-state index contributed by atoms with van der Waals surface area (Å²) in [4.78, 5) is 17.0. The minimum atomic E-state index is 0. The Hall–Kier alpha value is -1.06. The zero-order valence-corrected chi connectivity index (χ0v) is 16.4. The minimum Gasteiger partial charge on any atom is -0.333 e. The van der Waals surface area contributed by atoms with Gasteiger partial charge in [-0.25, -0.2) is 0 Å². The van der Waals surface area contributed by atoms with Gasteiger partial charge in [0.25, 0.3) is 0 Å². The summed E-state index contributed by atoms with van der Waals surface area (Å²) >= 11 is 0. The van der Waals surface area contributed by atoms with Crippen molar-refractivity contribution in [2.45, 2.75) is 64.3 Å². The van der Waals surface area contributed by atoms with E-state index in [4.69, 9.17) is 0 Å². The number of hydrogen-bond acceptors (Lipinski definition) is 2. The first kappa shape index (κ1) is 20.3. The molecule has 0 bridgehead atoms. The van der Waals surface area contributed by atoms with Gasteiger partial charge in [-0.05, 0) is 30.5 Å². The van der Waals surface area contributed by atoms with Crippen LogP contribution in [-0.2, 0) is 11.2 Å². The van der Waals surface area contributed by atoms with Crippen LogP contribution < -0.4 is 0 Å². The Morgan fingerprint density at radius 3 is 2.56 bits per heavy atom. The van der Waals surface area contributed by atoms with Gasteiger partial charge in [0.1, 0.15) is 0 Å². The van der Waals surface area contributed by atoms with Crippen LogP contribution in [0.4, 0.5) is 0 Å².